The largest absolute Gasteiger partial charge is 0.392 e. The van der Waals surface area contributed by atoms with Crippen LogP contribution in [0.2, 0.25) is 5.15 Å². The smallest absolute Gasteiger partial charge is 0.137 e. The predicted octanol–water partition coefficient (Wildman–Crippen LogP) is 2.65. The summed E-state index contributed by atoms with van der Waals surface area (Å²) in [7, 11) is 0. The lowest BCUT2D eigenvalue weighted by Gasteiger charge is -2.49. The molecule has 0 spiro atoms. The van der Waals surface area contributed by atoms with Crippen LogP contribution in [0, 0.1) is 5.41 Å². The molecule has 18 heavy (non-hydrogen) atoms. The Bertz CT molecular complexity index is 436. The molecule has 1 aromatic rings. The second kappa shape index (κ2) is 5.02. The summed E-state index contributed by atoms with van der Waals surface area (Å²) < 4.78 is 0. The Morgan fingerprint density at radius 1 is 1.50 bits per heavy atom. The maximum Gasteiger partial charge on any atom is 0.137 e. The molecule has 1 aromatic heterocycles. The summed E-state index contributed by atoms with van der Waals surface area (Å²) in [6.45, 7) is 6.21. The van der Waals surface area contributed by atoms with Gasteiger partial charge in [0.2, 0.25) is 0 Å². The third-order valence-electron chi connectivity index (χ3n) is 3.92. The van der Waals surface area contributed by atoms with Crippen LogP contribution in [0.3, 0.4) is 0 Å². The molecule has 1 aliphatic carbocycles. The summed E-state index contributed by atoms with van der Waals surface area (Å²) in [5, 5.41) is 13.7. The second-order valence-electron chi connectivity index (χ2n) is 5.51. The van der Waals surface area contributed by atoms with Crippen molar-refractivity contribution in [2.45, 2.75) is 52.2 Å². The Balaban J connectivity index is 2.17. The van der Waals surface area contributed by atoms with E-state index in [0.29, 0.717) is 5.15 Å². The first-order valence-electron chi connectivity index (χ1n) is 6.40. The van der Waals surface area contributed by atoms with Crippen molar-refractivity contribution in [1.82, 2.24) is 9.97 Å². The molecule has 1 aliphatic rings. The summed E-state index contributed by atoms with van der Waals surface area (Å²) in [4.78, 5) is 8.31. The van der Waals surface area contributed by atoms with Crippen LogP contribution in [0.25, 0.3) is 0 Å². The standard InChI is InChI=1S/C13H20ClN3O/c1-4-5-8-11(14)15-7-16-12(8)17-9-6-10(18)13(9,2)3/h7,9-10,18H,4-6H2,1-3H3,(H,15,16,17). The van der Waals surface area contributed by atoms with Crippen LogP contribution in [0.1, 0.15) is 39.2 Å². The van der Waals surface area contributed by atoms with Gasteiger partial charge < -0.3 is 10.4 Å². The monoisotopic (exact) mass is 269 g/mol. The highest BCUT2D eigenvalue weighted by Gasteiger charge is 2.47. The molecule has 5 heteroatoms. The second-order valence-corrected chi connectivity index (χ2v) is 5.87. The van der Waals surface area contributed by atoms with E-state index in [9.17, 15) is 5.11 Å². The molecule has 0 aliphatic heterocycles. The number of hydrogen-bond acceptors (Lipinski definition) is 4. The summed E-state index contributed by atoms with van der Waals surface area (Å²) >= 11 is 6.11. The van der Waals surface area contributed by atoms with Gasteiger partial charge in [0, 0.05) is 17.0 Å². The van der Waals surface area contributed by atoms with Crippen LogP contribution >= 0.6 is 11.6 Å². The van der Waals surface area contributed by atoms with Crippen LogP contribution in [0.4, 0.5) is 5.82 Å². The average Bonchev–Trinajstić information content (AvgIpc) is 2.33. The third-order valence-corrected chi connectivity index (χ3v) is 4.25. The Hall–Kier alpha value is -0.870. The van der Waals surface area contributed by atoms with Gasteiger partial charge in [-0.05, 0) is 12.8 Å². The van der Waals surface area contributed by atoms with Crippen LogP contribution in [-0.4, -0.2) is 27.2 Å². The van der Waals surface area contributed by atoms with Gasteiger partial charge in [-0.15, -0.1) is 0 Å². The van der Waals surface area contributed by atoms with E-state index in [1.54, 1.807) is 0 Å². The van der Waals surface area contributed by atoms with E-state index >= 15 is 0 Å². The van der Waals surface area contributed by atoms with Crippen LogP contribution in [0.15, 0.2) is 6.33 Å². The topological polar surface area (TPSA) is 58.0 Å². The SMILES string of the molecule is CCCc1c(Cl)ncnc1NC1CC(O)C1(C)C. The molecular formula is C13H20ClN3O. The van der Waals surface area contributed by atoms with Crippen molar-refractivity contribution in [1.29, 1.82) is 0 Å². The number of halogens is 1. The van der Waals surface area contributed by atoms with Crippen LogP contribution in [0.5, 0.6) is 0 Å². The van der Waals surface area contributed by atoms with Gasteiger partial charge in [-0.2, -0.15) is 0 Å². The van der Waals surface area contributed by atoms with E-state index in [2.05, 4.69) is 36.1 Å². The van der Waals surface area contributed by atoms with Gasteiger partial charge in [0.1, 0.15) is 17.3 Å². The van der Waals surface area contributed by atoms with Crippen LogP contribution < -0.4 is 5.32 Å². The summed E-state index contributed by atoms with van der Waals surface area (Å²) in [6.07, 6.45) is 3.84. The van der Waals surface area contributed by atoms with E-state index in [1.165, 1.54) is 6.33 Å². The van der Waals surface area contributed by atoms with Gasteiger partial charge in [0.15, 0.2) is 0 Å². The van der Waals surface area contributed by atoms with Crippen LogP contribution in [-0.2, 0) is 6.42 Å². The lowest BCUT2D eigenvalue weighted by Crippen LogP contribution is -2.57. The Morgan fingerprint density at radius 2 is 2.22 bits per heavy atom. The van der Waals surface area contributed by atoms with Crippen molar-refractivity contribution in [2.75, 3.05) is 5.32 Å². The van der Waals surface area contributed by atoms with E-state index in [4.69, 9.17) is 11.6 Å². The summed E-state index contributed by atoms with van der Waals surface area (Å²) in [5.41, 5.74) is 0.847. The quantitative estimate of drug-likeness (QED) is 0.825. The number of aliphatic hydroxyl groups excluding tert-OH is 1. The molecule has 100 valence electrons. The molecule has 1 fully saturated rings. The van der Waals surface area contributed by atoms with Gasteiger partial charge in [0.05, 0.1) is 6.10 Å². The van der Waals surface area contributed by atoms with E-state index in [0.717, 1.165) is 30.6 Å². The van der Waals surface area contributed by atoms with Crippen molar-refractivity contribution >= 4 is 17.4 Å². The lowest BCUT2D eigenvalue weighted by atomic mass is 9.64. The molecule has 0 amide bonds. The summed E-state index contributed by atoms with van der Waals surface area (Å²) in [5.74, 6) is 0.807. The minimum Gasteiger partial charge on any atom is -0.392 e. The Labute approximate surface area is 113 Å². The average molecular weight is 270 g/mol. The first-order chi connectivity index (χ1) is 8.46. The lowest BCUT2D eigenvalue weighted by molar-refractivity contribution is -0.0511. The zero-order valence-corrected chi connectivity index (χ0v) is 11.8. The zero-order valence-electron chi connectivity index (χ0n) is 11.1. The number of anilines is 1. The normalized spacial score (nSPS) is 25.6. The molecule has 0 saturated heterocycles. The number of nitrogens with one attached hydrogen (secondary N) is 1. The maximum absolute atomic E-state index is 9.75. The highest BCUT2D eigenvalue weighted by atomic mass is 35.5. The number of hydrogen-bond donors (Lipinski definition) is 2. The Kier molecular flexibility index (Phi) is 3.78. The van der Waals surface area contributed by atoms with Gasteiger partial charge >= 0.3 is 0 Å². The van der Waals surface area contributed by atoms with E-state index in [1.807, 2.05) is 0 Å². The van der Waals surface area contributed by atoms with Gasteiger partial charge in [-0.1, -0.05) is 38.8 Å². The predicted molar refractivity (Wildman–Crippen MR) is 72.9 cm³/mol. The molecule has 4 nitrogen and oxygen atoms in total. The van der Waals surface area contributed by atoms with Crippen molar-refractivity contribution < 1.29 is 5.11 Å². The Morgan fingerprint density at radius 3 is 2.78 bits per heavy atom. The summed E-state index contributed by atoms with van der Waals surface area (Å²) in [6, 6.07) is 0.231. The van der Waals surface area contributed by atoms with E-state index in [-0.39, 0.29) is 17.6 Å². The molecule has 1 heterocycles. The molecule has 0 aromatic carbocycles. The maximum atomic E-state index is 9.75. The van der Waals surface area contributed by atoms with Gasteiger partial charge in [0.25, 0.3) is 0 Å². The zero-order chi connectivity index (χ0) is 13.3. The van der Waals surface area contributed by atoms with Crippen molar-refractivity contribution in [2.24, 2.45) is 5.41 Å². The number of aliphatic hydroxyl groups is 1. The van der Waals surface area contributed by atoms with Crippen molar-refractivity contribution in [3.63, 3.8) is 0 Å². The molecule has 2 rings (SSSR count). The van der Waals surface area contributed by atoms with E-state index < -0.39 is 0 Å². The fraction of sp³-hybridized carbons (Fsp3) is 0.692. The number of rotatable bonds is 4. The highest BCUT2D eigenvalue weighted by molar-refractivity contribution is 6.30. The fourth-order valence-corrected chi connectivity index (χ4v) is 2.53. The minimum absolute atomic E-state index is 0.124. The fourth-order valence-electron chi connectivity index (χ4n) is 2.30. The molecular weight excluding hydrogens is 250 g/mol. The molecule has 0 radical (unpaired) electrons. The minimum atomic E-state index is -0.248. The molecule has 0 bridgehead atoms. The molecule has 2 atom stereocenters. The highest BCUT2D eigenvalue weighted by Crippen LogP contribution is 2.42. The van der Waals surface area contributed by atoms with Gasteiger partial charge in [-0.25, -0.2) is 9.97 Å². The number of aromatic nitrogens is 2. The first-order valence-corrected chi connectivity index (χ1v) is 6.78. The van der Waals surface area contributed by atoms with Crippen molar-refractivity contribution in [3.05, 3.63) is 17.0 Å². The molecule has 2 unspecified atom stereocenters. The van der Waals surface area contributed by atoms with Crippen molar-refractivity contribution in [3.8, 4) is 0 Å². The number of nitrogens with zero attached hydrogens (tertiary/aromatic N) is 2. The molecule has 1 saturated carbocycles. The molecule has 2 N–H and O–H groups in total. The first kappa shape index (κ1) is 13.6. The third kappa shape index (κ3) is 2.31. The van der Waals surface area contributed by atoms with Gasteiger partial charge in [-0.3, -0.25) is 0 Å².